The van der Waals surface area contributed by atoms with Gasteiger partial charge in [0.05, 0.1) is 5.56 Å². The number of hydrogen-bond acceptors (Lipinski definition) is 2. The van der Waals surface area contributed by atoms with Gasteiger partial charge >= 0.3 is 0 Å². The summed E-state index contributed by atoms with van der Waals surface area (Å²) in [5.74, 6) is 1.84. The molecule has 1 aromatic rings. The van der Waals surface area contributed by atoms with E-state index >= 15 is 0 Å². The van der Waals surface area contributed by atoms with Crippen molar-refractivity contribution in [1.29, 1.82) is 0 Å². The second kappa shape index (κ2) is 6.85. The minimum absolute atomic E-state index is 0.116. The molecule has 28 heavy (non-hydrogen) atoms. The third-order valence-electron chi connectivity index (χ3n) is 7.74. The van der Waals surface area contributed by atoms with E-state index in [-0.39, 0.29) is 28.8 Å². The third-order valence-corrected chi connectivity index (χ3v) is 7.74. The number of carbonyl (C=O) groups excluding carboxylic acids is 2. The molecule has 6 rings (SSSR count). The first-order valence-electron chi connectivity index (χ1n) is 10.9. The van der Waals surface area contributed by atoms with Gasteiger partial charge in [-0.1, -0.05) is 12.1 Å². The Morgan fingerprint density at radius 3 is 2.11 bits per heavy atom. The molecule has 5 fully saturated rings. The van der Waals surface area contributed by atoms with E-state index in [1.165, 1.54) is 25.3 Å². The van der Waals surface area contributed by atoms with Gasteiger partial charge in [-0.05, 0) is 81.3 Å². The van der Waals surface area contributed by atoms with Crippen molar-refractivity contribution < 1.29 is 14.0 Å². The monoisotopic (exact) mass is 384 g/mol. The highest BCUT2D eigenvalue weighted by Crippen LogP contribution is 2.60. The Kier molecular flexibility index (Phi) is 4.44. The predicted molar refractivity (Wildman–Crippen MR) is 104 cm³/mol. The molecule has 5 heteroatoms. The van der Waals surface area contributed by atoms with Crippen molar-refractivity contribution in [2.24, 2.45) is 23.2 Å². The number of nitrogens with one attached hydrogen (secondary N) is 1. The van der Waals surface area contributed by atoms with Crippen LogP contribution in [0, 0.1) is 29.0 Å². The summed E-state index contributed by atoms with van der Waals surface area (Å²) < 4.78 is 13.9. The van der Waals surface area contributed by atoms with E-state index in [1.54, 1.807) is 23.1 Å². The summed E-state index contributed by atoms with van der Waals surface area (Å²) in [6.45, 7) is 1.14. The maximum Gasteiger partial charge on any atom is 0.256 e. The van der Waals surface area contributed by atoms with E-state index in [1.807, 2.05) is 0 Å². The Morgan fingerprint density at radius 1 is 0.964 bits per heavy atom. The first-order valence-corrected chi connectivity index (χ1v) is 10.9. The standard InChI is InChI=1S/C23H29FN2O2/c24-20-4-2-1-3-19(20)21(27)26-7-5-18(6-8-26)25-22(28)23-12-15-9-16(13-23)11-17(10-15)14-23/h1-4,15-18H,5-14H2,(H,25,28). The summed E-state index contributed by atoms with van der Waals surface area (Å²) in [4.78, 5) is 27.5. The molecule has 5 aliphatic rings. The van der Waals surface area contributed by atoms with Crippen LogP contribution in [0.25, 0.3) is 0 Å². The highest BCUT2D eigenvalue weighted by atomic mass is 19.1. The highest BCUT2D eigenvalue weighted by molar-refractivity contribution is 5.94. The van der Waals surface area contributed by atoms with Crippen molar-refractivity contribution in [1.82, 2.24) is 10.2 Å². The van der Waals surface area contributed by atoms with Crippen LogP contribution < -0.4 is 5.32 Å². The van der Waals surface area contributed by atoms with Crippen molar-refractivity contribution in [3.63, 3.8) is 0 Å². The fourth-order valence-corrected chi connectivity index (χ4v) is 6.76. The molecular weight excluding hydrogens is 355 g/mol. The molecule has 4 aliphatic carbocycles. The normalized spacial score (nSPS) is 34.5. The predicted octanol–water partition coefficient (Wildman–Crippen LogP) is 3.76. The molecular formula is C23H29FN2O2. The van der Waals surface area contributed by atoms with Gasteiger partial charge in [0.2, 0.25) is 5.91 Å². The van der Waals surface area contributed by atoms with Crippen molar-refractivity contribution >= 4 is 11.8 Å². The SMILES string of the molecule is O=C(c1ccccc1F)N1CCC(NC(=O)C23CC4CC(CC(C4)C2)C3)CC1. The van der Waals surface area contributed by atoms with E-state index < -0.39 is 5.82 Å². The zero-order valence-electron chi connectivity index (χ0n) is 16.3. The van der Waals surface area contributed by atoms with Gasteiger partial charge in [-0.3, -0.25) is 9.59 Å². The summed E-state index contributed by atoms with van der Waals surface area (Å²) in [6, 6.07) is 6.28. The van der Waals surface area contributed by atoms with Gasteiger partial charge in [-0.15, -0.1) is 0 Å². The van der Waals surface area contributed by atoms with Crippen LogP contribution in [0.1, 0.15) is 61.7 Å². The zero-order valence-corrected chi connectivity index (χ0v) is 16.3. The molecule has 4 bridgehead atoms. The van der Waals surface area contributed by atoms with Crippen LogP contribution >= 0.6 is 0 Å². The Bertz CT molecular complexity index is 749. The Morgan fingerprint density at radius 2 is 1.54 bits per heavy atom. The number of amides is 2. The minimum atomic E-state index is -0.468. The van der Waals surface area contributed by atoms with Crippen molar-refractivity contribution in [2.45, 2.75) is 57.4 Å². The summed E-state index contributed by atoms with van der Waals surface area (Å²) in [7, 11) is 0. The van der Waals surface area contributed by atoms with Crippen LogP contribution in [0.5, 0.6) is 0 Å². The van der Waals surface area contributed by atoms with Gasteiger partial charge in [-0.2, -0.15) is 0 Å². The largest absolute Gasteiger partial charge is 0.353 e. The maximum atomic E-state index is 13.9. The maximum absolute atomic E-state index is 13.9. The number of carbonyl (C=O) groups is 2. The summed E-state index contributed by atoms with van der Waals surface area (Å²) >= 11 is 0. The van der Waals surface area contributed by atoms with Gasteiger partial charge in [-0.25, -0.2) is 4.39 Å². The number of halogens is 1. The number of likely N-dealkylation sites (tertiary alicyclic amines) is 1. The molecule has 1 aliphatic heterocycles. The van der Waals surface area contributed by atoms with Crippen molar-refractivity contribution in [3.8, 4) is 0 Å². The summed E-state index contributed by atoms with van der Waals surface area (Å²) in [5.41, 5.74) is 0.0213. The lowest BCUT2D eigenvalue weighted by Crippen LogP contribution is -2.56. The second-order valence-corrected chi connectivity index (χ2v) is 9.72. The third kappa shape index (κ3) is 3.13. The number of hydrogen-bond donors (Lipinski definition) is 1. The number of benzene rings is 1. The van der Waals surface area contributed by atoms with E-state index in [0.29, 0.717) is 13.1 Å². The Balaban J connectivity index is 1.18. The van der Waals surface area contributed by atoms with E-state index in [0.717, 1.165) is 49.9 Å². The lowest BCUT2D eigenvalue weighted by Gasteiger charge is -2.56. The lowest BCUT2D eigenvalue weighted by molar-refractivity contribution is -0.147. The van der Waals surface area contributed by atoms with Crippen molar-refractivity contribution in [2.75, 3.05) is 13.1 Å². The molecule has 0 atom stereocenters. The average Bonchev–Trinajstić information content (AvgIpc) is 2.67. The van der Waals surface area contributed by atoms with Gasteiger partial charge in [0.1, 0.15) is 5.82 Å². The smallest absolute Gasteiger partial charge is 0.256 e. The molecule has 0 aromatic heterocycles. The first-order chi connectivity index (χ1) is 13.5. The fourth-order valence-electron chi connectivity index (χ4n) is 6.76. The molecule has 150 valence electrons. The molecule has 1 aromatic carbocycles. The van der Waals surface area contributed by atoms with Crippen LogP contribution in [0.3, 0.4) is 0 Å². The van der Waals surface area contributed by atoms with Crippen LogP contribution in [0.2, 0.25) is 0 Å². The Hall–Kier alpha value is -1.91. The molecule has 0 radical (unpaired) electrons. The van der Waals surface area contributed by atoms with Crippen LogP contribution in [-0.4, -0.2) is 35.8 Å². The first kappa shape index (κ1) is 18.1. The van der Waals surface area contributed by atoms with Gasteiger partial charge in [0.25, 0.3) is 5.91 Å². The van der Waals surface area contributed by atoms with E-state index in [4.69, 9.17) is 0 Å². The Labute approximate surface area is 165 Å². The molecule has 1 N–H and O–H groups in total. The summed E-state index contributed by atoms with van der Waals surface area (Å²) in [5, 5.41) is 3.34. The number of rotatable bonds is 3. The van der Waals surface area contributed by atoms with E-state index in [9.17, 15) is 14.0 Å². The molecule has 4 saturated carbocycles. The minimum Gasteiger partial charge on any atom is -0.353 e. The highest BCUT2D eigenvalue weighted by Gasteiger charge is 2.54. The van der Waals surface area contributed by atoms with Gasteiger partial charge < -0.3 is 10.2 Å². The molecule has 4 nitrogen and oxygen atoms in total. The topological polar surface area (TPSA) is 49.4 Å². The van der Waals surface area contributed by atoms with Crippen molar-refractivity contribution in [3.05, 3.63) is 35.6 Å². The molecule has 0 spiro atoms. The van der Waals surface area contributed by atoms with Gasteiger partial charge in [0.15, 0.2) is 0 Å². The lowest BCUT2D eigenvalue weighted by atomic mass is 9.49. The van der Waals surface area contributed by atoms with E-state index in [2.05, 4.69) is 5.32 Å². The molecule has 1 heterocycles. The zero-order chi connectivity index (χ0) is 19.3. The number of piperidine rings is 1. The van der Waals surface area contributed by atoms with Crippen LogP contribution in [0.4, 0.5) is 4.39 Å². The second-order valence-electron chi connectivity index (χ2n) is 9.72. The van der Waals surface area contributed by atoms with Crippen LogP contribution in [-0.2, 0) is 4.79 Å². The number of nitrogens with zero attached hydrogens (tertiary/aromatic N) is 1. The van der Waals surface area contributed by atoms with Gasteiger partial charge in [0, 0.05) is 24.5 Å². The summed E-state index contributed by atoms with van der Waals surface area (Å²) in [6.07, 6.45) is 8.74. The quantitative estimate of drug-likeness (QED) is 0.863. The fraction of sp³-hybridized carbons (Fsp3) is 0.652. The van der Waals surface area contributed by atoms with Crippen LogP contribution in [0.15, 0.2) is 24.3 Å². The molecule has 0 unspecified atom stereocenters. The average molecular weight is 384 g/mol. The molecule has 2 amide bonds. The molecule has 1 saturated heterocycles.